The van der Waals surface area contributed by atoms with Gasteiger partial charge < -0.3 is 14.4 Å². The van der Waals surface area contributed by atoms with Crippen molar-refractivity contribution < 1.29 is 19.1 Å². The van der Waals surface area contributed by atoms with Gasteiger partial charge in [-0.05, 0) is 36.2 Å². The molecule has 0 unspecified atom stereocenters. The fourth-order valence-electron chi connectivity index (χ4n) is 2.92. The molecule has 25 heavy (non-hydrogen) atoms. The van der Waals surface area contributed by atoms with E-state index in [1.54, 1.807) is 29.2 Å². The first-order chi connectivity index (χ1) is 12.1. The molecule has 0 spiro atoms. The number of nitrogens with zero attached hydrogens (tertiary/aromatic N) is 1. The summed E-state index contributed by atoms with van der Waals surface area (Å²) in [5.41, 5.74) is 2.03. The van der Waals surface area contributed by atoms with Gasteiger partial charge in [-0.2, -0.15) is 0 Å². The molecular formula is C20H21NO4. The Morgan fingerprint density at radius 1 is 1.12 bits per heavy atom. The van der Waals surface area contributed by atoms with Crippen LogP contribution in [0.4, 0.5) is 5.69 Å². The zero-order chi connectivity index (χ0) is 17.8. The molecule has 5 nitrogen and oxygen atoms in total. The SMILES string of the molecule is CCc1ccc(N2C[C@@H](C(=O)Oc3ccccc3OC)CC2=O)cc1. The van der Waals surface area contributed by atoms with Crippen LogP contribution in [0.2, 0.25) is 0 Å². The number of rotatable bonds is 5. The predicted octanol–water partition coefficient (Wildman–Crippen LogP) is 3.22. The number of carbonyl (C=O) groups is 2. The van der Waals surface area contributed by atoms with E-state index in [9.17, 15) is 9.59 Å². The lowest BCUT2D eigenvalue weighted by Gasteiger charge is -2.17. The summed E-state index contributed by atoms with van der Waals surface area (Å²) in [5.74, 6) is -0.0969. The van der Waals surface area contributed by atoms with Gasteiger partial charge in [-0.25, -0.2) is 0 Å². The summed E-state index contributed by atoms with van der Waals surface area (Å²) < 4.78 is 10.6. The van der Waals surface area contributed by atoms with E-state index in [0.29, 0.717) is 18.0 Å². The average molecular weight is 339 g/mol. The van der Waals surface area contributed by atoms with Gasteiger partial charge in [0, 0.05) is 18.7 Å². The van der Waals surface area contributed by atoms with E-state index < -0.39 is 11.9 Å². The first kappa shape index (κ1) is 17.0. The van der Waals surface area contributed by atoms with Crippen LogP contribution in [0.3, 0.4) is 0 Å². The molecule has 0 saturated carbocycles. The Morgan fingerprint density at radius 3 is 2.44 bits per heavy atom. The molecule has 0 N–H and O–H groups in total. The van der Waals surface area contributed by atoms with Gasteiger partial charge in [-0.15, -0.1) is 0 Å². The van der Waals surface area contributed by atoms with Crippen molar-refractivity contribution in [1.82, 2.24) is 0 Å². The van der Waals surface area contributed by atoms with E-state index in [0.717, 1.165) is 12.1 Å². The summed E-state index contributed by atoms with van der Waals surface area (Å²) >= 11 is 0. The number of hydrogen-bond donors (Lipinski definition) is 0. The molecule has 0 aromatic heterocycles. The number of hydrogen-bond acceptors (Lipinski definition) is 4. The van der Waals surface area contributed by atoms with Crippen molar-refractivity contribution in [3.05, 3.63) is 54.1 Å². The highest BCUT2D eigenvalue weighted by atomic mass is 16.6. The molecule has 1 heterocycles. The molecule has 0 bridgehead atoms. The quantitative estimate of drug-likeness (QED) is 0.620. The number of benzene rings is 2. The number of methoxy groups -OCH3 is 1. The maximum Gasteiger partial charge on any atom is 0.316 e. The van der Waals surface area contributed by atoms with Crippen molar-refractivity contribution in [1.29, 1.82) is 0 Å². The highest BCUT2D eigenvalue weighted by molar-refractivity contribution is 5.99. The second kappa shape index (κ2) is 7.38. The molecule has 1 fully saturated rings. The topological polar surface area (TPSA) is 55.8 Å². The van der Waals surface area contributed by atoms with E-state index in [2.05, 4.69) is 6.92 Å². The Labute approximate surface area is 147 Å². The van der Waals surface area contributed by atoms with Gasteiger partial charge >= 0.3 is 5.97 Å². The summed E-state index contributed by atoms with van der Waals surface area (Å²) in [5, 5.41) is 0. The van der Waals surface area contributed by atoms with E-state index in [1.165, 1.54) is 12.7 Å². The van der Waals surface area contributed by atoms with Crippen LogP contribution in [0, 0.1) is 5.92 Å². The third-order valence-corrected chi connectivity index (χ3v) is 4.39. The fourth-order valence-corrected chi connectivity index (χ4v) is 2.92. The molecule has 1 atom stereocenters. The second-order valence-corrected chi connectivity index (χ2v) is 6.00. The zero-order valence-corrected chi connectivity index (χ0v) is 14.4. The number of esters is 1. The summed E-state index contributed by atoms with van der Waals surface area (Å²) in [6.45, 7) is 2.41. The van der Waals surface area contributed by atoms with Gasteiger partial charge in [0.25, 0.3) is 0 Å². The first-order valence-corrected chi connectivity index (χ1v) is 8.36. The molecule has 0 aliphatic carbocycles. The van der Waals surface area contributed by atoms with Gasteiger partial charge in [0.1, 0.15) is 0 Å². The maximum atomic E-state index is 12.4. The van der Waals surface area contributed by atoms with Gasteiger partial charge in [-0.1, -0.05) is 31.2 Å². The Morgan fingerprint density at radius 2 is 1.80 bits per heavy atom. The average Bonchev–Trinajstić information content (AvgIpc) is 3.04. The minimum atomic E-state index is -0.483. The highest BCUT2D eigenvalue weighted by Crippen LogP contribution is 2.30. The van der Waals surface area contributed by atoms with Gasteiger partial charge in [0.2, 0.25) is 5.91 Å². The first-order valence-electron chi connectivity index (χ1n) is 8.36. The second-order valence-electron chi connectivity index (χ2n) is 6.00. The molecule has 2 aromatic carbocycles. The molecule has 130 valence electrons. The number of anilines is 1. The molecule has 3 rings (SSSR count). The normalized spacial score (nSPS) is 16.8. The van der Waals surface area contributed by atoms with Gasteiger partial charge in [-0.3, -0.25) is 9.59 Å². The van der Waals surface area contributed by atoms with Crippen LogP contribution in [-0.2, 0) is 16.0 Å². The lowest BCUT2D eigenvalue weighted by molar-refractivity contribution is -0.139. The van der Waals surface area contributed by atoms with Crippen molar-refractivity contribution in [2.75, 3.05) is 18.6 Å². The Kier molecular flexibility index (Phi) is 5.03. The zero-order valence-electron chi connectivity index (χ0n) is 14.4. The molecular weight excluding hydrogens is 318 g/mol. The minimum absolute atomic E-state index is 0.0637. The van der Waals surface area contributed by atoms with Gasteiger partial charge in [0.05, 0.1) is 13.0 Å². The van der Waals surface area contributed by atoms with Crippen molar-refractivity contribution >= 4 is 17.6 Å². The van der Waals surface area contributed by atoms with Crippen LogP contribution in [0.25, 0.3) is 0 Å². The molecule has 1 amide bonds. The molecule has 1 aliphatic heterocycles. The number of ether oxygens (including phenoxy) is 2. The lowest BCUT2D eigenvalue weighted by atomic mass is 10.1. The Hall–Kier alpha value is -2.82. The van der Waals surface area contributed by atoms with Crippen molar-refractivity contribution in [2.45, 2.75) is 19.8 Å². The monoisotopic (exact) mass is 339 g/mol. The fraction of sp³-hybridized carbons (Fsp3) is 0.300. The largest absolute Gasteiger partial charge is 0.493 e. The smallest absolute Gasteiger partial charge is 0.316 e. The van der Waals surface area contributed by atoms with Crippen molar-refractivity contribution in [3.63, 3.8) is 0 Å². The van der Waals surface area contributed by atoms with Crippen molar-refractivity contribution in [2.24, 2.45) is 5.92 Å². The number of carbonyl (C=O) groups excluding carboxylic acids is 2. The molecule has 1 saturated heterocycles. The van der Waals surface area contributed by atoms with Crippen LogP contribution < -0.4 is 14.4 Å². The third-order valence-electron chi connectivity index (χ3n) is 4.39. The lowest BCUT2D eigenvalue weighted by Crippen LogP contribution is -2.27. The summed E-state index contributed by atoms with van der Waals surface area (Å²) in [6.07, 6.45) is 1.10. The van der Waals surface area contributed by atoms with E-state index >= 15 is 0 Å². The summed E-state index contributed by atoms with van der Waals surface area (Å²) in [6, 6.07) is 14.8. The third kappa shape index (κ3) is 3.65. The highest BCUT2D eigenvalue weighted by Gasteiger charge is 2.36. The van der Waals surface area contributed by atoms with Crippen LogP contribution in [0.5, 0.6) is 11.5 Å². The van der Waals surface area contributed by atoms with Crippen LogP contribution in [0.1, 0.15) is 18.9 Å². The van der Waals surface area contributed by atoms with Crippen LogP contribution in [-0.4, -0.2) is 25.5 Å². The van der Waals surface area contributed by atoms with Crippen LogP contribution in [0.15, 0.2) is 48.5 Å². The van der Waals surface area contributed by atoms with Crippen molar-refractivity contribution in [3.8, 4) is 11.5 Å². The number of amides is 1. The van der Waals surface area contributed by atoms with Gasteiger partial charge in [0.15, 0.2) is 11.5 Å². The van der Waals surface area contributed by atoms with Crippen LogP contribution >= 0.6 is 0 Å². The Bertz CT molecular complexity index is 770. The summed E-state index contributed by atoms with van der Waals surface area (Å²) in [7, 11) is 1.52. The van der Waals surface area contributed by atoms with E-state index in [4.69, 9.17) is 9.47 Å². The van der Waals surface area contributed by atoms with E-state index in [-0.39, 0.29) is 12.3 Å². The standard InChI is InChI=1S/C20H21NO4/c1-3-14-8-10-16(11-9-14)21-13-15(12-19(21)22)20(23)25-18-7-5-4-6-17(18)24-2/h4-11,15H,3,12-13H2,1-2H3/t15-/m0/s1. The minimum Gasteiger partial charge on any atom is -0.493 e. The maximum absolute atomic E-state index is 12.4. The molecule has 1 aliphatic rings. The number of aryl methyl sites for hydroxylation is 1. The molecule has 2 aromatic rings. The molecule has 5 heteroatoms. The predicted molar refractivity (Wildman–Crippen MR) is 94.9 cm³/mol. The summed E-state index contributed by atoms with van der Waals surface area (Å²) in [4.78, 5) is 26.4. The Balaban J connectivity index is 1.70. The van der Waals surface area contributed by atoms with E-state index in [1.807, 2.05) is 24.3 Å². The number of para-hydroxylation sites is 2. The molecule has 0 radical (unpaired) electrons.